The van der Waals surface area contributed by atoms with Crippen molar-refractivity contribution in [3.05, 3.63) is 82.2 Å². The molecule has 4 rings (SSSR count). The molecule has 0 atom stereocenters. The number of hydrogen-bond donors (Lipinski definition) is 1. The Labute approximate surface area is 178 Å². The summed E-state index contributed by atoms with van der Waals surface area (Å²) in [5.41, 5.74) is 6.05. The van der Waals surface area contributed by atoms with Gasteiger partial charge < -0.3 is 5.32 Å². The predicted octanol–water partition coefficient (Wildman–Crippen LogP) is 5.24. The van der Waals surface area contributed by atoms with Gasteiger partial charge in [0.1, 0.15) is 5.82 Å². The summed E-state index contributed by atoms with van der Waals surface area (Å²) in [6.45, 7) is 5.82. The van der Waals surface area contributed by atoms with E-state index in [1.807, 2.05) is 50.4 Å². The summed E-state index contributed by atoms with van der Waals surface area (Å²) in [6, 6.07) is 14.0. The lowest BCUT2D eigenvalue weighted by atomic mass is 10.1. The summed E-state index contributed by atoms with van der Waals surface area (Å²) in [5.74, 6) is -0.362. The molecular weight excluding hydrogens is 399 g/mol. The number of thiazole rings is 1. The first kappa shape index (κ1) is 20.0. The highest BCUT2D eigenvalue weighted by Crippen LogP contribution is 2.26. The van der Waals surface area contributed by atoms with Gasteiger partial charge in [0.15, 0.2) is 0 Å². The van der Waals surface area contributed by atoms with Crippen LogP contribution < -0.4 is 5.32 Å². The second-order valence-electron chi connectivity index (χ2n) is 7.18. The number of rotatable bonds is 5. The third kappa shape index (κ3) is 4.16. The topological polar surface area (TPSA) is 59.8 Å². The van der Waals surface area contributed by atoms with E-state index < -0.39 is 0 Å². The van der Waals surface area contributed by atoms with Crippen molar-refractivity contribution in [2.24, 2.45) is 0 Å². The SMILES string of the molecule is Cc1cccc(NC(=O)Cc2c(C)nn(-c3nc(-c4ccc(F)cc4)cs3)c2C)c1. The van der Waals surface area contributed by atoms with E-state index in [9.17, 15) is 9.18 Å². The minimum Gasteiger partial charge on any atom is -0.326 e. The second-order valence-corrected chi connectivity index (χ2v) is 8.01. The number of anilines is 1. The molecule has 2 aromatic carbocycles. The van der Waals surface area contributed by atoms with Crippen molar-refractivity contribution in [2.75, 3.05) is 5.32 Å². The fourth-order valence-electron chi connectivity index (χ4n) is 3.32. The van der Waals surface area contributed by atoms with E-state index in [4.69, 9.17) is 0 Å². The van der Waals surface area contributed by atoms with E-state index >= 15 is 0 Å². The molecule has 0 aliphatic rings. The Morgan fingerprint density at radius 3 is 2.63 bits per heavy atom. The quantitative estimate of drug-likeness (QED) is 0.480. The van der Waals surface area contributed by atoms with Gasteiger partial charge in [-0.3, -0.25) is 4.79 Å². The Hall–Kier alpha value is -3.32. The molecular formula is C23H21FN4OS. The van der Waals surface area contributed by atoms with Gasteiger partial charge in [-0.1, -0.05) is 12.1 Å². The number of nitrogens with one attached hydrogen (secondary N) is 1. The summed E-state index contributed by atoms with van der Waals surface area (Å²) in [6.07, 6.45) is 0.238. The number of nitrogens with zero attached hydrogens (tertiary/aromatic N) is 3. The molecule has 0 saturated heterocycles. The number of hydrogen-bond acceptors (Lipinski definition) is 4. The molecule has 0 radical (unpaired) electrons. The van der Waals surface area contributed by atoms with Crippen LogP contribution in [0.25, 0.3) is 16.4 Å². The molecule has 1 N–H and O–H groups in total. The maximum Gasteiger partial charge on any atom is 0.228 e. The van der Waals surface area contributed by atoms with E-state index in [-0.39, 0.29) is 18.1 Å². The molecule has 0 bridgehead atoms. The highest BCUT2D eigenvalue weighted by molar-refractivity contribution is 7.12. The number of aryl methyl sites for hydroxylation is 2. The van der Waals surface area contributed by atoms with Crippen molar-refractivity contribution in [1.82, 2.24) is 14.8 Å². The minimum absolute atomic E-state index is 0.0857. The number of carbonyl (C=O) groups excluding carboxylic acids is 1. The number of benzene rings is 2. The zero-order valence-corrected chi connectivity index (χ0v) is 17.8. The molecule has 2 aromatic heterocycles. The van der Waals surface area contributed by atoms with Crippen LogP contribution in [0.3, 0.4) is 0 Å². The zero-order valence-electron chi connectivity index (χ0n) is 16.9. The zero-order chi connectivity index (χ0) is 21.3. The molecule has 0 aliphatic carbocycles. The molecule has 5 nitrogen and oxygen atoms in total. The Balaban J connectivity index is 1.55. The molecule has 4 aromatic rings. The Kier molecular flexibility index (Phi) is 5.46. The second kappa shape index (κ2) is 8.20. The monoisotopic (exact) mass is 420 g/mol. The molecule has 30 heavy (non-hydrogen) atoms. The molecule has 2 heterocycles. The van der Waals surface area contributed by atoms with Crippen LogP contribution in [0.4, 0.5) is 10.1 Å². The van der Waals surface area contributed by atoms with Gasteiger partial charge in [0.2, 0.25) is 11.0 Å². The van der Waals surface area contributed by atoms with Gasteiger partial charge >= 0.3 is 0 Å². The molecule has 0 unspecified atom stereocenters. The lowest BCUT2D eigenvalue weighted by Crippen LogP contribution is -2.15. The molecule has 0 saturated carbocycles. The predicted molar refractivity (Wildman–Crippen MR) is 118 cm³/mol. The van der Waals surface area contributed by atoms with Gasteiger partial charge in [-0.2, -0.15) is 5.10 Å². The average Bonchev–Trinajstić information content (AvgIpc) is 3.29. The highest BCUT2D eigenvalue weighted by Gasteiger charge is 2.18. The lowest BCUT2D eigenvalue weighted by Gasteiger charge is -2.06. The maximum atomic E-state index is 13.2. The smallest absolute Gasteiger partial charge is 0.228 e. The summed E-state index contributed by atoms with van der Waals surface area (Å²) in [7, 11) is 0. The normalized spacial score (nSPS) is 10.9. The van der Waals surface area contributed by atoms with Crippen LogP contribution >= 0.6 is 11.3 Å². The fraction of sp³-hybridized carbons (Fsp3) is 0.174. The van der Waals surface area contributed by atoms with Gasteiger partial charge in [-0.25, -0.2) is 14.1 Å². The lowest BCUT2D eigenvalue weighted by molar-refractivity contribution is -0.115. The van der Waals surface area contributed by atoms with Crippen molar-refractivity contribution in [1.29, 1.82) is 0 Å². The number of carbonyl (C=O) groups is 1. The number of amides is 1. The molecule has 0 fully saturated rings. The largest absolute Gasteiger partial charge is 0.326 e. The van der Waals surface area contributed by atoms with Crippen LogP contribution in [0.15, 0.2) is 53.9 Å². The van der Waals surface area contributed by atoms with E-state index in [1.54, 1.807) is 16.8 Å². The fourth-order valence-corrected chi connectivity index (χ4v) is 4.15. The van der Waals surface area contributed by atoms with Crippen molar-refractivity contribution >= 4 is 22.9 Å². The van der Waals surface area contributed by atoms with Crippen molar-refractivity contribution in [3.8, 4) is 16.4 Å². The summed E-state index contributed by atoms with van der Waals surface area (Å²) in [5, 5.41) is 10.2. The van der Waals surface area contributed by atoms with Crippen LogP contribution in [-0.4, -0.2) is 20.7 Å². The third-order valence-corrected chi connectivity index (χ3v) is 5.71. The van der Waals surface area contributed by atoms with E-state index in [0.29, 0.717) is 5.13 Å². The molecule has 7 heteroatoms. The Bertz CT molecular complexity index is 1210. The highest BCUT2D eigenvalue weighted by atomic mass is 32.1. The van der Waals surface area contributed by atoms with Crippen molar-refractivity contribution in [3.63, 3.8) is 0 Å². The van der Waals surface area contributed by atoms with Gasteiger partial charge in [0.25, 0.3) is 0 Å². The maximum absolute atomic E-state index is 13.2. The average molecular weight is 421 g/mol. The van der Waals surface area contributed by atoms with Gasteiger partial charge in [0.05, 0.1) is 17.8 Å². The van der Waals surface area contributed by atoms with Crippen LogP contribution in [0.2, 0.25) is 0 Å². The van der Waals surface area contributed by atoms with Crippen LogP contribution in [-0.2, 0) is 11.2 Å². The van der Waals surface area contributed by atoms with E-state index in [0.717, 1.165) is 39.5 Å². The van der Waals surface area contributed by atoms with Crippen LogP contribution in [0, 0.1) is 26.6 Å². The van der Waals surface area contributed by atoms with Crippen LogP contribution in [0.1, 0.15) is 22.5 Å². The first-order valence-corrected chi connectivity index (χ1v) is 10.4. The molecule has 0 spiro atoms. The number of aromatic nitrogens is 3. The van der Waals surface area contributed by atoms with Crippen molar-refractivity contribution in [2.45, 2.75) is 27.2 Å². The first-order valence-electron chi connectivity index (χ1n) is 9.54. The first-order chi connectivity index (χ1) is 14.4. The molecule has 1 amide bonds. The third-order valence-electron chi connectivity index (χ3n) is 4.89. The van der Waals surface area contributed by atoms with Gasteiger partial charge in [-0.05, 0) is 62.7 Å². The van der Waals surface area contributed by atoms with E-state index in [1.165, 1.54) is 23.5 Å². The van der Waals surface area contributed by atoms with Gasteiger partial charge in [0, 0.05) is 27.9 Å². The minimum atomic E-state index is -0.277. The Morgan fingerprint density at radius 1 is 1.13 bits per heavy atom. The van der Waals surface area contributed by atoms with Gasteiger partial charge in [-0.15, -0.1) is 11.3 Å². The molecule has 0 aliphatic heterocycles. The standard InChI is InChI=1S/C23H21FN4OS/c1-14-5-4-6-19(11-14)25-22(29)12-20-15(2)27-28(16(20)3)23-26-21(13-30-23)17-7-9-18(24)10-8-17/h4-11,13H,12H2,1-3H3,(H,25,29). The summed E-state index contributed by atoms with van der Waals surface area (Å²) >= 11 is 1.46. The van der Waals surface area contributed by atoms with Crippen LogP contribution in [0.5, 0.6) is 0 Å². The summed E-state index contributed by atoms with van der Waals surface area (Å²) < 4.78 is 14.9. The van der Waals surface area contributed by atoms with Crippen molar-refractivity contribution < 1.29 is 9.18 Å². The summed E-state index contributed by atoms with van der Waals surface area (Å²) in [4.78, 5) is 17.2. The number of halogens is 1. The molecule has 152 valence electrons. The van der Waals surface area contributed by atoms with E-state index in [2.05, 4.69) is 15.4 Å². The Morgan fingerprint density at radius 2 is 1.90 bits per heavy atom.